The van der Waals surface area contributed by atoms with E-state index in [1.165, 1.54) is 4.68 Å². The van der Waals surface area contributed by atoms with E-state index in [9.17, 15) is 9.59 Å². The fourth-order valence-corrected chi connectivity index (χ4v) is 3.24. The quantitative estimate of drug-likeness (QED) is 0.477. The van der Waals surface area contributed by atoms with E-state index in [1.807, 2.05) is 49.4 Å². The molecule has 0 N–H and O–H groups in total. The zero-order valence-electron chi connectivity index (χ0n) is 16.0. The highest BCUT2D eigenvalue weighted by atomic mass is 16.5. The summed E-state index contributed by atoms with van der Waals surface area (Å²) in [5.41, 5.74) is 3.06. The monoisotopic (exact) mass is 384 g/mol. The van der Waals surface area contributed by atoms with Gasteiger partial charge in [-0.3, -0.25) is 4.79 Å². The standard InChI is InChI=1S/C24H20N2O3/c1-2-26-23(27)21-11-7-6-10-20(21)22(25-26)24(28)29-16-17-12-14-19(15-13-17)18-8-4-3-5-9-18/h3-15H,2,16H2,1H3. The molecule has 0 unspecified atom stereocenters. The van der Waals surface area contributed by atoms with Gasteiger partial charge >= 0.3 is 5.97 Å². The van der Waals surface area contributed by atoms with Crippen LogP contribution in [0.3, 0.4) is 0 Å². The maximum absolute atomic E-state index is 12.7. The van der Waals surface area contributed by atoms with Crippen LogP contribution in [0.4, 0.5) is 0 Å². The Morgan fingerprint density at radius 3 is 2.17 bits per heavy atom. The number of aromatic nitrogens is 2. The summed E-state index contributed by atoms with van der Waals surface area (Å²) in [6.07, 6.45) is 0. The summed E-state index contributed by atoms with van der Waals surface area (Å²) < 4.78 is 6.78. The second-order valence-electron chi connectivity index (χ2n) is 6.65. The Hall–Kier alpha value is -3.73. The lowest BCUT2D eigenvalue weighted by Crippen LogP contribution is -2.25. The van der Waals surface area contributed by atoms with Gasteiger partial charge in [0.25, 0.3) is 5.56 Å². The average Bonchev–Trinajstić information content (AvgIpc) is 2.79. The zero-order chi connectivity index (χ0) is 20.2. The Kier molecular flexibility index (Phi) is 5.20. The number of benzene rings is 3. The number of hydrogen-bond donors (Lipinski definition) is 0. The lowest BCUT2D eigenvalue weighted by Gasteiger charge is -2.10. The van der Waals surface area contributed by atoms with Crippen molar-refractivity contribution in [3.63, 3.8) is 0 Å². The Labute approximate surface area is 168 Å². The summed E-state index contributed by atoms with van der Waals surface area (Å²) in [5, 5.41) is 5.18. The van der Waals surface area contributed by atoms with Crippen molar-refractivity contribution in [3.05, 3.63) is 100 Å². The van der Waals surface area contributed by atoms with E-state index in [2.05, 4.69) is 17.2 Å². The zero-order valence-corrected chi connectivity index (χ0v) is 16.0. The van der Waals surface area contributed by atoms with E-state index in [4.69, 9.17) is 4.74 Å². The fourth-order valence-electron chi connectivity index (χ4n) is 3.24. The van der Waals surface area contributed by atoms with Crippen LogP contribution in [0.5, 0.6) is 0 Å². The molecular formula is C24H20N2O3. The molecule has 0 spiro atoms. The van der Waals surface area contributed by atoms with E-state index in [0.717, 1.165) is 16.7 Å². The third kappa shape index (κ3) is 3.80. The van der Waals surface area contributed by atoms with Crippen molar-refractivity contribution in [1.82, 2.24) is 9.78 Å². The molecule has 4 rings (SSSR count). The fraction of sp³-hybridized carbons (Fsp3) is 0.125. The summed E-state index contributed by atoms with van der Waals surface area (Å²) in [6.45, 7) is 2.33. The molecule has 0 radical (unpaired) electrons. The van der Waals surface area contributed by atoms with Crippen LogP contribution in [0.25, 0.3) is 21.9 Å². The third-order valence-electron chi connectivity index (χ3n) is 4.79. The van der Waals surface area contributed by atoms with Crippen molar-refractivity contribution in [2.45, 2.75) is 20.1 Å². The van der Waals surface area contributed by atoms with Gasteiger partial charge in [-0.1, -0.05) is 72.8 Å². The third-order valence-corrected chi connectivity index (χ3v) is 4.79. The number of hydrogen-bond acceptors (Lipinski definition) is 4. The van der Waals surface area contributed by atoms with Crippen molar-refractivity contribution in [2.24, 2.45) is 0 Å². The molecule has 0 saturated carbocycles. The summed E-state index contributed by atoms with van der Waals surface area (Å²) in [7, 11) is 0. The summed E-state index contributed by atoms with van der Waals surface area (Å²) >= 11 is 0. The molecule has 0 bridgehead atoms. The van der Waals surface area contributed by atoms with Gasteiger partial charge in [-0.05, 0) is 29.7 Å². The van der Waals surface area contributed by atoms with Crippen LogP contribution < -0.4 is 5.56 Å². The highest BCUT2D eigenvalue weighted by Crippen LogP contribution is 2.20. The minimum absolute atomic E-state index is 0.134. The minimum Gasteiger partial charge on any atom is -0.456 e. The highest BCUT2D eigenvalue weighted by molar-refractivity contribution is 6.02. The average molecular weight is 384 g/mol. The van der Waals surface area contributed by atoms with E-state index in [1.54, 1.807) is 24.3 Å². The van der Waals surface area contributed by atoms with Crippen LogP contribution in [-0.4, -0.2) is 15.7 Å². The van der Waals surface area contributed by atoms with Crippen LogP contribution >= 0.6 is 0 Å². The Morgan fingerprint density at radius 1 is 0.862 bits per heavy atom. The highest BCUT2D eigenvalue weighted by Gasteiger charge is 2.17. The van der Waals surface area contributed by atoms with Gasteiger partial charge in [-0.15, -0.1) is 0 Å². The topological polar surface area (TPSA) is 61.2 Å². The number of aryl methyl sites for hydroxylation is 1. The first-order valence-corrected chi connectivity index (χ1v) is 9.48. The van der Waals surface area contributed by atoms with Gasteiger partial charge in [0.2, 0.25) is 0 Å². The molecular weight excluding hydrogens is 364 g/mol. The van der Waals surface area contributed by atoms with Gasteiger partial charge in [-0.25, -0.2) is 9.48 Å². The van der Waals surface area contributed by atoms with Crippen molar-refractivity contribution in [1.29, 1.82) is 0 Å². The van der Waals surface area contributed by atoms with Crippen molar-refractivity contribution < 1.29 is 9.53 Å². The molecule has 0 aliphatic carbocycles. The van der Waals surface area contributed by atoms with Gasteiger partial charge in [0.1, 0.15) is 6.61 Å². The maximum Gasteiger partial charge on any atom is 0.359 e. The van der Waals surface area contributed by atoms with Gasteiger partial charge in [0, 0.05) is 11.9 Å². The molecule has 1 heterocycles. The van der Waals surface area contributed by atoms with Crippen LogP contribution in [-0.2, 0) is 17.9 Å². The Morgan fingerprint density at radius 2 is 1.48 bits per heavy atom. The van der Waals surface area contributed by atoms with Gasteiger partial charge < -0.3 is 4.74 Å². The minimum atomic E-state index is -0.546. The van der Waals surface area contributed by atoms with E-state index < -0.39 is 5.97 Å². The van der Waals surface area contributed by atoms with Crippen LogP contribution in [0.1, 0.15) is 23.0 Å². The lowest BCUT2D eigenvalue weighted by molar-refractivity contribution is 0.0465. The first-order valence-electron chi connectivity index (χ1n) is 9.48. The molecule has 0 fully saturated rings. The molecule has 0 aliphatic heterocycles. The molecule has 4 aromatic rings. The largest absolute Gasteiger partial charge is 0.456 e. The van der Waals surface area contributed by atoms with Gasteiger partial charge in [-0.2, -0.15) is 5.10 Å². The van der Waals surface area contributed by atoms with Crippen LogP contribution in [0, 0.1) is 0 Å². The molecule has 144 valence electrons. The number of rotatable bonds is 5. The molecule has 0 saturated heterocycles. The first kappa shape index (κ1) is 18.6. The molecule has 5 heteroatoms. The van der Waals surface area contributed by atoms with Crippen molar-refractivity contribution in [3.8, 4) is 11.1 Å². The smallest absolute Gasteiger partial charge is 0.359 e. The first-order chi connectivity index (χ1) is 14.2. The number of carbonyl (C=O) groups excluding carboxylic acids is 1. The number of ether oxygens (including phenoxy) is 1. The van der Waals surface area contributed by atoms with E-state index in [-0.39, 0.29) is 17.9 Å². The number of esters is 1. The molecule has 0 aliphatic rings. The number of carbonyl (C=O) groups is 1. The second-order valence-corrected chi connectivity index (χ2v) is 6.65. The molecule has 29 heavy (non-hydrogen) atoms. The number of fused-ring (bicyclic) bond motifs is 1. The predicted molar refractivity (Wildman–Crippen MR) is 113 cm³/mol. The molecule has 3 aromatic carbocycles. The van der Waals surface area contributed by atoms with Crippen LogP contribution in [0.15, 0.2) is 83.7 Å². The van der Waals surface area contributed by atoms with Gasteiger partial charge in [0.05, 0.1) is 5.39 Å². The Balaban J connectivity index is 1.55. The Bertz CT molecular complexity index is 1210. The van der Waals surface area contributed by atoms with Gasteiger partial charge in [0.15, 0.2) is 5.69 Å². The maximum atomic E-state index is 12.7. The molecule has 0 amide bonds. The summed E-state index contributed by atoms with van der Waals surface area (Å²) in [5.74, 6) is -0.546. The van der Waals surface area contributed by atoms with E-state index in [0.29, 0.717) is 17.3 Å². The molecule has 5 nitrogen and oxygen atoms in total. The van der Waals surface area contributed by atoms with Crippen molar-refractivity contribution in [2.75, 3.05) is 0 Å². The van der Waals surface area contributed by atoms with Crippen LogP contribution in [0.2, 0.25) is 0 Å². The summed E-state index contributed by atoms with van der Waals surface area (Å²) in [6, 6.07) is 24.9. The SMILES string of the molecule is CCn1nc(C(=O)OCc2ccc(-c3ccccc3)cc2)c2ccccc2c1=O. The van der Waals surface area contributed by atoms with Crippen molar-refractivity contribution >= 4 is 16.7 Å². The molecule has 1 aromatic heterocycles. The summed E-state index contributed by atoms with van der Waals surface area (Å²) in [4.78, 5) is 25.1. The predicted octanol–water partition coefficient (Wildman–Crippen LogP) is 4.44. The van der Waals surface area contributed by atoms with E-state index >= 15 is 0 Å². The number of nitrogens with zero attached hydrogens (tertiary/aromatic N) is 2. The lowest BCUT2D eigenvalue weighted by atomic mass is 10.0. The second kappa shape index (κ2) is 8.10. The molecule has 0 atom stereocenters. The normalized spacial score (nSPS) is 10.8.